The Balaban J connectivity index is 2.38. The lowest BCUT2D eigenvalue weighted by Gasteiger charge is -1.88. The predicted octanol–water partition coefficient (Wildman–Crippen LogP) is 1.24. The molecule has 34 valence electrons. The Hall–Kier alpha value is -0.330. The minimum atomic E-state index is 0.616. The van der Waals surface area contributed by atoms with Crippen molar-refractivity contribution in [2.24, 2.45) is 4.99 Å². The number of hydrogen-bond acceptors (Lipinski definition) is 1. The molecule has 0 fully saturated rings. The Labute approximate surface area is 38.1 Å². The van der Waals surface area contributed by atoms with Gasteiger partial charge in [-0.1, -0.05) is 0 Å². The Bertz CT molecular complexity index is 66.3. The van der Waals surface area contributed by atoms with Crippen LogP contribution in [-0.4, -0.2) is 12.3 Å². The Morgan fingerprint density at radius 2 is 2.67 bits per heavy atom. The van der Waals surface area contributed by atoms with E-state index in [0.29, 0.717) is 6.04 Å². The van der Waals surface area contributed by atoms with Gasteiger partial charge in [-0.2, -0.15) is 0 Å². The molecule has 0 unspecified atom stereocenters. The Kier molecular flexibility index (Phi) is 0.906. The third-order valence-electron chi connectivity index (χ3n) is 1.07. The van der Waals surface area contributed by atoms with Gasteiger partial charge in [-0.05, 0) is 26.0 Å². The molecule has 0 spiro atoms. The van der Waals surface area contributed by atoms with Crippen molar-refractivity contribution in [1.82, 2.24) is 0 Å². The average Bonchev–Trinajstić information content (AvgIpc) is 1.86. The van der Waals surface area contributed by atoms with E-state index < -0.39 is 0 Å². The summed E-state index contributed by atoms with van der Waals surface area (Å²) in [4.78, 5) is 4.11. The van der Waals surface area contributed by atoms with Crippen molar-refractivity contribution >= 4 is 6.21 Å². The zero-order valence-electron chi connectivity index (χ0n) is 4.02. The largest absolute Gasteiger partial charge is 0.294 e. The first-order chi connectivity index (χ1) is 2.89. The molecule has 1 rings (SSSR count). The van der Waals surface area contributed by atoms with Crippen molar-refractivity contribution in [1.29, 1.82) is 0 Å². The number of hydrogen-bond donors (Lipinski definition) is 0. The van der Waals surface area contributed by atoms with Crippen LogP contribution in [0.2, 0.25) is 0 Å². The van der Waals surface area contributed by atoms with Crippen LogP contribution in [0.25, 0.3) is 0 Å². The van der Waals surface area contributed by atoms with E-state index in [9.17, 15) is 0 Å². The summed E-state index contributed by atoms with van der Waals surface area (Å²) < 4.78 is 0. The maximum absolute atomic E-state index is 4.11. The molecular weight excluding hydrogens is 74.1 g/mol. The van der Waals surface area contributed by atoms with Crippen molar-refractivity contribution in [2.45, 2.75) is 25.8 Å². The van der Waals surface area contributed by atoms with Crippen LogP contribution in [0.3, 0.4) is 0 Å². The van der Waals surface area contributed by atoms with Crippen LogP contribution in [0, 0.1) is 0 Å². The summed E-state index contributed by atoms with van der Waals surface area (Å²) in [5, 5.41) is 0. The van der Waals surface area contributed by atoms with E-state index in [1.165, 1.54) is 12.8 Å². The van der Waals surface area contributed by atoms with Crippen LogP contribution in [0.5, 0.6) is 0 Å². The topological polar surface area (TPSA) is 12.4 Å². The number of aliphatic imine (C=N–C) groups is 1. The summed E-state index contributed by atoms with van der Waals surface area (Å²) >= 11 is 0. The fourth-order valence-corrected chi connectivity index (χ4v) is 0.645. The van der Waals surface area contributed by atoms with Gasteiger partial charge in [0.25, 0.3) is 0 Å². The first-order valence-corrected chi connectivity index (χ1v) is 2.41. The van der Waals surface area contributed by atoms with Crippen molar-refractivity contribution in [3.05, 3.63) is 0 Å². The molecule has 0 aromatic heterocycles. The second kappa shape index (κ2) is 1.41. The highest BCUT2D eigenvalue weighted by Gasteiger charge is 2.00. The zero-order valence-corrected chi connectivity index (χ0v) is 4.02. The van der Waals surface area contributed by atoms with Crippen LogP contribution in [0.4, 0.5) is 0 Å². The summed E-state index contributed by atoms with van der Waals surface area (Å²) in [5.41, 5.74) is 0. The fourth-order valence-electron chi connectivity index (χ4n) is 0.645. The molecule has 0 amide bonds. The van der Waals surface area contributed by atoms with Crippen molar-refractivity contribution < 1.29 is 0 Å². The van der Waals surface area contributed by atoms with Crippen LogP contribution in [0.1, 0.15) is 19.8 Å². The highest BCUT2D eigenvalue weighted by molar-refractivity contribution is 5.59. The lowest BCUT2D eigenvalue weighted by molar-refractivity contribution is 0.739. The van der Waals surface area contributed by atoms with Crippen LogP contribution in [-0.2, 0) is 0 Å². The molecule has 0 aliphatic carbocycles. The van der Waals surface area contributed by atoms with E-state index in [-0.39, 0.29) is 0 Å². The zero-order chi connectivity index (χ0) is 4.41. The molecule has 0 aromatic carbocycles. The molecule has 0 saturated heterocycles. The molecule has 0 bridgehead atoms. The molecular formula is C5H9N. The molecule has 1 heteroatoms. The standard InChI is InChI=1S/C5H9N/c1-5-3-2-4-6-5/h4-5H,2-3H2,1H3/t5-/m0/s1. The average molecular weight is 83.1 g/mol. The quantitative estimate of drug-likeness (QED) is 0.418. The normalized spacial score (nSPS) is 31.8. The van der Waals surface area contributed by atoms with E-state index in [1.54, 1.807) is 0 Å². The Morgan fingerprint density at radius 3 is 2.83 bits per heavy atom. The molecule has 0 radical (unpaired) electrons. The first-order valence-electron chi connectivity index (χ1n) is 2.41. The molecule has 1 aliphatic rings. The third kappa shape index (κ3) is 0.588. The van der Waals surface area contributed by atoms with Gasteiger partial charge in [-0.3, -0.25) is 4.99 Å². The molecule has 0 aromatic rings. The highest BCUT2D eigenvalue weighted by Crippen LogP contribution is 2.04. The lowest BCUT2D eigenvalue weighted by Crippen LogP contribution is -1.86. The molecule has 6 heavy (non-hydrogen) atoms. The summed E-state index contributed by atoms with van der Waals surface area (Å²) in [7, 11) is 0. The van der Waals surface area contributed by atoms with Crippen molar-refractivity contribution in [3.8, 4) is 0 Å². The number of rotatable bonds is 0. The summed E-state index contributed by atoms with van der Waals surface area (Å²) in [6, 6.07) is 0.616. The second-order valence-electron chi connectivity index (χ2n) is 1.76. The lowest BCUT2D eigenvalue weighted by atomic mass is 10.2. The van der Waals surface area contributed by atoms with Crippen LogP contribution >= 0.6 is 0 Å². The number of nitrogens with zero attached hydrogens (tertiary/aromatic N) is 1. The maximum atomic E-state index is 4.11. The summed E-state index contributed by atoms with van der Waals surface area (Å²) in [6.45, 7) is 2.14. The van der Waals surface area contributed by atoms with Crippen molar-refractivity contribution in [3.63, 3.8) is 0 Å². The first kappa shape index (κ1) is 3.85. The third-order valence-corrected chi connectivity index (χ3v) is 1.07. The maximum Gasteiger partial charge on any atom is 0.0471 e. The molecule has 1 nitrogen and oxygen atoms in total. The molecule has 1 heterocycles. The van der Waals surface area contributed by atoms with Gasteiger partial charge >= 0.3 is 0 Å². The SMILES string of the molecule is C[C@H]1CCC=N1. The predicted molar refractivity (Wildman–Crippen MR) is 27.2 cm³/mol. The van der Waals surface area contributed by atoms with Crippen molar-refractivity contribution in [2.75, 3.05) is 0 Å². The van der Waals surface area contributed by atoms with E-state index in [4.69, 9.17) is 0 Å². The van der Waals surface area contributed by atoms with Gasteiger partial charge in [0.1, 0.15) is 0 Å². The van der Waals surface area contributed by atoms with E-state index >= 15 is 0 Å². The van der Waals surface area contributed by atoms with Gasteiger partial charge in [-0.15, -0.1) is 0 Å². The van der Waals surface area contributed by atoms with Gasteiger partial charge in [0, 0.05) is 6.04 Å². The minimum absolute atomic E-state index is 0.616. The van der Waals surface area contributed by atoms with Gasteiger partial charge in [-0.25, -0.2) is 0 Å². The van der Waals surface area contributed by atoms with Crippen LogP contribution < -0.4 is 0 Å². The molecule has 1 atom stereocenters. The summed E-state index contributed by atoms with van der Waals surface area (Å²) in [6.07, 6.45) is 4.46. The van der Waals surface area contributed by atoms with Crippen LogP contribution in [0.15, 0.2) is 4.99 Å². The van der Waals surface area contributed by atoms with E-state index in [1.807, 2.05) is 6.21 Å². The molecule has 0 N–H and O–H groups in total. The van der Waals surface area contributed by atoms with Gasteiger partial charge in [0.05, 0.1) is 0 Å². The van der Waals surface area contributed by atoms with E-state index in [0.717, 1.165) is 0 Å². The van der Waals surface area contributed by atoms with Gasteiger partial charge in [0.2, 0.25) is 0 Å². The fraction of sp³-hybridized carbons (Fsp3) is 0.800. The van der Waals surface area contributed by atoms with Gasteiger partial charge < -0.3 is 0 Å². The summed E-state index contributed by atoms with van der Waals surface area (Å²) in [5.74, 6) is 0. The highest BCUT2D eigenvalue weighted by atomic mass is 14.8. The second-order valence-corrected chi connectivity index (χ2v) is 1.76. The monoisotopic (exact) mass is 83.1 g/mol. The Morgan fingerprint density at radius 1 is 1.83 bits per heavy atom. The molecule has 0 saturated carbocycles. The van der Waals surface area contributed by atoms with Gasteiger partial charge in [0.15, 0.2) is 0 Å². The smallest absolute Gasteiger partial charge is 0.0471 e. The minimum Gasteiger partial charge on any atom is -0.294 e. The van der Waals surface area contributed by atoms with E-state index in [2.05, 4.69) is 11.9 Å². The molecule has 1 aliphatic heterocycles.